The van der Waals surface area contributed by atoms with Gasteiger partial charge in [0.1, 0.15) is 0 Å². The van der Waals surface area contributed by atoms with Gasteiger partial charge in [-0.15, -0.1) is 11.3 Å². The third kappa shape index (κ3) is 5.88. The van der Waals surface area contributed by atoms with Crippen molar-refractivity contribution in [2.45, 2.75) is 19.4 Å². The van der Waals surface area contributed by atoms with E-state index in [1.54, 1.807) is 30.3 Å². The molecule has 25 heavy (non-hydrogen) atoms. The SMILES string of the molecule is Cc1ccc(C(=O)COC(=O)C[C@@H](NC(N)=O)c2ccc(Cl)cc2)s1. The topological polar surface area (TPSA) is 98.5 Å². The highest BCUT2D eigenvalue weighted by Gasteiger charge is 2.20. The Hall–Kier alpha value is -2.38. The number of urea groups is 1. The van der Waals surface area contributed by atoms with Gasteiger partial charge in [0.15, 0.2) is 6.61 Å². The number of esters is 1. The van der Waals surface area contributed by atoms with Gasteiger partial charge < -0.3 is 15.8 Å². The molecule has 2 rings (SSSR count). The summed E-state index contributed by atoms with van der Waals surface area (Å²) in [5.74, 6) is -0.882. The summed E-state index contributed by atoms with van der Waals surface area (Å²) < 4.78 is 5.02. The maximum atomic E-state index is 12.0. The predicted molar refractivity (Wildman–Crippen MR) is 95.9 cm³/mol. The van der Waals surface area contributed by atoms with Gasteiger partial charge in [0.05, 0.1) is 17.3 Å². The average molecular weight is 381 g/mol. The van der Waals surface area contributed by atoms with E-state index in [9.17, 15) is 14.4 Å². The number of ether oxygens (including phenoxy) is 1. The van der Waals surface area contributed by atoms with Crippen molar-refractivity contribution in [1.29, 1.82) is 0 Å². The molecule has 1 atom stereocenters. The van der Waals surface area contributed by atoms with Crippen LogP contribution < -0.4 is 11.1 Å². The molecule has 0 saturated carbocycles. The Morgan fingerprint density at radius 1 is 1.20 bits per heavy atom. The molecule has 2 amide bonds. The van der Waals surface area contributed by atoms with E-state index in [-0.39, 0.29) is 18.8 Å². The lowest BCUT2D eigenvalue weighted by Gasteiger charge is -2.17. The number of carbonyl (C=O) groups excluding carboxylic acids is 3. The number of rotatable bonds is 7. The largest absolute Gasteiger partial charge is 0.457 e. The van der Waals surface area contributed by atoms with Gasteiger partial charge in [-0.05, 0) is 36.8 Å². The fourth-order valence-corrected chi connectivity index (χ4v) is 3.06. The van der Waals surface area contributed by atoms with Crippen molar-refractivity contribution >= 4 is 40.7 Å². The van der Waals surface area contributed by atoms with Crippen LogP contribution in [0.3, 0.4) is 0 Å². The number of aryl methyl sites for hydroxylation is 1. The fraction of sp³-hybridized carbons (Fsp3) is 0.235. The summed E-state index contributed by atoms with van der Waals surface area (Å²) in [5, 5.41) is 3.01. The number of hydrogen-bond donors (Lipinski definition) is 2. The number of amides is 2. The molecular formula is C17H17ClN2O4S. The number of primary amides is 1. The maximum absolute atomic E-state index is 12.0. The van der Waals surface area contributed by atoms with E-state index in [0.29, 0.717) is 15.5 Å². The molecule has 1 heterocycles. The number of nitrogens with one attached hydrogen (secondary N) is 1. The van der Waals surface area contributed by atoms with E-state index < -0.39 is 18.0 Å². The normalized spacial score (nSPS) is 11.6. The molecular weight excluding hydrogens is 364 g/mol. The van der Waals surface area contributed by atoms with E-state index in [4.69, 9.17) is 22.1 Å². The molecule has 1 aromatic carbocycles. The second kappa shape index (κ2) is 8.64. The zero-order valence-electron chi connectivity index (χ0n) is 13.5. The van der Waals surface area contributed by atoms with E-state index in [0.717, 1.165) is 4.88 Å². The summed E-state index contributed by atoms with van der Waals surface area (Å²) in [6.45, 7) is 1.54. The number of thiophene rings is 1. The summed E-state index contributed by atoms with van der Waals surface area (Å²) in [6, 6.07) is 8.72. The third-order valence-corrected chi connectivity index (χ3v) is 4.63. The molecule has 8 heteroatoms. The molecule has 0 saturated heterocycles. The van der Waals surface area contributed by atoms with Crippen molar-refractivity contribution in [3.8, 4) is 0 Å². The van der Waals surface area contributed by atoms with Crippen LogP contribution in [-0.2, 0) is 9.53 Å². The zero-order chi connectivity index (χ0) is 18.4. The third-order valence-electron chi connectivity index (χ3n) is 3.34. The minimum Gasteiger partial charge on any atom is -0.457 e. The number of ketones is 1. The van der Waals surface area contributed by atoms with Gasteiger partial charge in [0.25, 0.3) is 0 Å². The predicted octanol–water partition coefficient (Wildman–Crippen LogP) is 3.24. The highest BCUT2D eigenvalue weighted by molar-refractivity contribution is 7.14. The Balaban J connectivity index is 1.95. The second-order valence-electron chi connectivity index (χ2n) is 5.31. The Kier molecular flexibility index (Phi) is 6.55. The van der Waals surface area contributed by atoms with Crippen molar-refractivity contribution in [2.24, 2.45) is 5.73 Å². The van der Waals surface area contributed by atoms with Crippen molar-refractivity contribution in [1.82, 2.24) is 5.32 Å². The van der Waals surface area contributed by atoms with Crippen molar-refractivity contribution in [3.05, 3.63) is 56.7 Å². The molecule has 0 unspecified atom stereocenters. The number of benzene rings is 1. The Labute approximate surface area is 153 Å². The number of halogens is 1. The summed E-state index contributed by atoms with van der Waals surface area (Å²) in [6.07, 6.45) is -0.151. The summed E-state index contributed by atoms with van der Waals surface area (Å²) >= 11 is 7.17. The molecule has 0 spiro atoms. The monoisotopic (exact) mass is 380 g/mol. The molecule has 0 aliphatic carbocycles. The molecule has 6 nitrogen and oxygen atoms in total. The number of Topliss-reactive ketones (excluding diaryl/α,β-unsaturated/α-hetero) is 1. The summed E-state index contributed by atoms with van der Waals surface area (Å²) in [5.41, 5.74) is 5.81. The van der Waals surface area contributed by atoms with E-state index >= 15 is 0 Å². The van der Waals surface area contributed by atoms with Gasteiger partial charge >= 0.3 is 12.0 Å². The highest BCUT2D eigenvalue weighted by Crippen LogP contribution is 2.20. The highest BCUT2D eigenvalue weighted by atomic mass is 35.5. The first-order valence-electron chi connectivity index (χ1n) is 7.42. The van der Waals surface area contributed by atoms with E-state index in [1.165, 1.54) is 11.3 Å². The van der Waals surface area contributed by atoms with Crippen LogP contribution in [0.2, 0.25) is 5.02 Å². The van der Waals surface area contributed by atoms with Crippen LogP contribution >= 0.6 is 22.9 Å². The molecule has 0 aliphatic heterocycles. The number of carbonyl (C=O) groups is 3. The minimum atomic E-state index is -0.766. The van der Waals surface area contributed by atoms with Crippen LogP contribution in [0.5, 0.6) is 0 Å². The standard InChI is InChI=1S/C17H17ClN2O4S/c1-10-2-7-15(25-10)14(21)9-24-16(22)8-13(20-17(19)23)11-3-5-12(18)6-4-11/h2-7,13H,8-9H2,1H3,(H3,19,20,23)/t13-/m1/s1. The lowest BCUT2D eigenvalue weighted by Crippen LogP contribution is -2.34. The van der Waals surface area contributed by atoms with Crippen LogP contribution in [0.4, 0.5) is 4.79 Å². The minimum absolute atomic E-state index is 0.151. The lowest BCUT2D eigenvalue weighted by atomic mass is 10.0. The Morgan fingerprint density at radius 2 is 1.88 bits per heavy atom. The van der Waals surface area contributed by atoms with Crippen LogP contribution in [0.15, 0.2) is 36.4 Å². The van der Waals surface area contributed by atoms with Gasteiger partial charge in [0, 0.05) is 9.90 Å². The average Bonchev–Trinajstić information content (AvgIpc) is 2.99. The molecule has 0 bridgehead atoms. The molecule has 3 N–H and O–H groups in total. The molecule has 0 fully saturated rings. The number of hydrogen-bond acceptors (Lipinski definition) is 5. The van der Waals surface area contributed by atoms with Crippen molar-refractivity contribution in [2.75, 3.05) is 6.61 Å². The molecule has 132 valence electrons. The number of nitrogens with two attached hydrogens (primary N) is 1. The smallest absolute Gasteiger partial charge is 0.312 e. The van der Waals surface area contributed by atoms with Gasteiger partial charge in [0.2, 0.25) is 5.78 Å². The van der Waals surface area contributed by atoms with Crippen molar-refractivity contribution < 1.29 is 19.1 Å². The van der Waals surface area contributed by atoms with Gasteiger partial charge in [-0.1, -0.05) is 23.7 Å². The zero-order valence-corrected chi connectivity index (χ0v) is 15.0. The first-order valence-corrected chi connectivity index (χ1v) is 8.61. The van der Waals surface area contributed by atoms with Crippen molar-refractivity contribution in [3.63, 3.8) is 0 Å². The van der Waals surface area contributed by atoms with Gasteiger partial charge in [-0.3, -0.25) is 9.59 Å². The molecule has 1 aromatic heterocycles. The molecule has 0 radical (unpaired) electrons. The first kappa shape index (κ1) is 19.0. The first-order chi connectivity index (χ1) is 11.8. The van der Waals surface area contributed by atoms with Crippen LogP contribution in [0, 0.1) is 6.92 Å². The second-order valence-corrected chi connectivity index (χ2v) is 7.04. The van der Waals surface area contributed by atoms with Crippen LogP contribution in [0.1, 0.15) is 32.6 Å². The Bertz CT molecular complexity index is 773. The van der Waals surface area contributed by atoms with Crippen LogP contribution in [-0.4, -0.2) is 24.4 Å². The van der Waals surface area contributed by atoms with Crippen LogP contribution in [0.25, 0.3) is 0 Å². The van der Waals surface area contributed by atoms with Gasteiger partial charge in [-0.25, -0.2) is 4.79 Å². The molecule has 2 aromatic rings. The van der Waals surface area contributed by atoms with Gasteiger partial charge in [-0.2, -0.15) is 0 Å². The summed E-state index contributed by atoms with van der Waals surface area (Å²) in [4.78, 5) is 36.7. The van der Waals surface area contributed by atoms with E-state index in [2.05, 4.69) is 5.32 Å². The fourth-order valence-electron chi connectivity index (χ4n) is 2.15. The summed E-state index contributed by atoms with van der Waals surface area (Å²) in [7, 11) is 0. The Morgan fingerprint density at radius 3 is 2.44 bits per heavy atom. The lowest BCUT2D eigenvalue weighted by molar-refractivity contribution is -0.143. The maximum Gasteiger partial charge on any atom is 0.312 e. The van der Waals surface area contributed by atoms with E-state index in [1.807, 2.05) is 13.0 Å². The molecule has 0 aliphatic rings. The quantitative estimate of drug-likeness (QED) is 0.569.